The lowest BCUT2D eigenvalue weighted by Gasteiger charge is -2.45. The fourth-order valence-electron chi connectivity index (χ4n) is 5.01. The molecule has 2 aliphatic rings. The van der Waals surface area contributed by atoms with Gasteiger partial charge in [0, 0.05) is 17.0 Å². The molecule has 0 saturated heterocycles. The van der Waals surface area contributed by atoms with Crippen LogP contribution in [0.1, 0.15) is 70.7 Å². The van der Waals surface area contributed by atoms with Crippen LogP contribution in [0.4, 0.5) is 0 Å². The van der Waals surface area contributed by atoms with Gasteiger partial charge in [-0.25, -0.2) is 0 Å². The van der Waals surface area contributed by atoms with Crippen molar-refractivity contribution in [2.24, 2.45) is 16.7 Å². The molecule has 0 aromatic carbocycles. The minimum Gasteiger partial charge on any atom is -0.305 e. The summed E-state index contributed by atoms with van der Waals surface area (Å²) in [6.07, 6.45) is 6.80. The largest absolute Gasteiger partial charge is 0.305 e. The Morgan fingerprint density at radius 3 is 2.75 bits per heavy atom. The van der Waals surface area contributed by atoms with Crippen molar-refractivity contribution < 1.29 is 0 Å². The molecule has 1 aromatic heterocycles. The summed E-state index contributed by atoms with van der Waals surface area (Å²) in [5.41, 5.74) is 0.980. The zero-order valence-electron chi connectivity index (χ0n) is 13.4. The molecule has 2 bridgehead atoms. The molecule has 112 valence electrons. The van der Waals surface area contributed by atoms with Crippen molar-refractivity contribution in [3.8, 4) is 0 Å². The predicted molar refractivity (Wildman–Crippen MR) is 88.1 cm³/mol. The Morgan fingerprint density at radius 2 is 2.20 bits per heavy atom. The fourth-order valence-corrected chi connectivity index (χ4v) is 5.83. The molecule has 2 saturated carbocycles. The maximum Gasteiger partial charge on any atom is 0.0417 e. The monoisotopic (exact) mass is 291 g/mol. The van der Waals surface area contributed by atoms with E-state index in [0.29, 0.717) is 22.9 Å². The van der Waals surface area contributed by atoms with Gasteiger partial charge in [0.15, 0.2) is 0 Å². The molecule has 1 heterocycles. The summed E-state index contributed by atoms with van der Waals surface area (Å²) in [5, 5.41) is 6.31. The average molecular weight is 292 g/mol. The molecule has 2 aliphatic carbocycles. The molecule has 1 nitrogen and oxygen atoms in total. The highest BCUT2D eigenvalue weighted by Gasteiger charge is 2.59. The van der Waals surface area contributed by atoms with Crippen LogP contribution < -0.4 is 5.32 Å². The summed E-state index contributed by atoms with van der Waals surface area (Å²) in [6, 6.07) is 5.73. The minimum atomic E-state index is 0.455. The Balaban J connectivity index is 1.81. The van der Waals surface area contributed by atoms with E-state index in [1.807, 2.05) is 11.3 Å². The van der Waals surface area contributed by atoms with Gasteiger partial charge < -0.3 is 5.32 Å². The van der Waals surface area contributed by atoms with Crippen LogP contribution in [0.25, 0.3) is 0 Å². The highest BCUT2D eigenvalue weighted by Crippen LogP contribution is 2.62. The summed E-state index contributed by atoms with van der Waals surface area (Å²) in [4.78, 5) is 1.52. The van der Waals surface area contributed by atoms with Crippen molar-refractivity contribution in [2.75, 3.05) is 0 Å². The van der Waals surface area contributed by atoms with Crippen LogP contribution in [0.3, 0.4) is 0 Å². The zero-order valence-corrected chi connectivity index (χ0v) is 14.2. The van der Waals surface area contributed by atoms with E-state index in [9.17, 15) is 0 Å². The normalized spacial score (nSPS) is 36.4. The third-order valence-corrected chi connectivity index (χ3v) is 7.09. The number of hydrogen-bond donors (Lipinski definition) is 1. The lowest BCUT2D eigenvalue weighted by atomic mass is 9.68. The lowest BCUT2D eigenvalue weighted by Crippen LogP contribution is -2.51. The lowest BCUT2D eigenvalue weighted by molar-refractivity contribution is 0.0972. The maximum atomic E-state index is 4.09. The highest BCUT2D eigenvalue weighted by atomic mass is 32.1. The smallest absolute Gasteiger partial charge is 0.0417 e. The van der Waals surface area contributed by atoms with Crippen molar-refractivity contribution in [3.63, 3.8) is 0 Å². The van der Waals surface area contributed by atoms with E-state index in [1.54, 1.807) is 0 Å². The summed E-state index contributed by atoms with van der Waals surface area (Å²) < 4.78 is 0. The standard InChI is InChI=1S/C18H29NS/c1-5-7-14(15-8-6-11-20-15)19-16-17(2,3)13-9-10-18(16,4)12-13/h6,8,11,13-14,16,19H,5,7,9-10,12H2,1-4H3/t13-,14?,16?,18+/m0/s1. The SMILES string of the molecule is CCCC(NC1C(C)(C)[C@H]2CC[C@]1(C)C2)c1cccs1. The first-order valence-corrected chi connectivity index (χ1v) is 9.15. The molecule has 0 aliphatic heterocycles. The predicted octanol–water partition coefficient (Wildman–Crippen LogP) is 5.39. The summed E-state index contributed by atoms with van der Waals surface area (Å²) >= 11 is 1.91. The molecule has 0 amide bonds. The first kappa shape index (κ1) is 14.6. The second-order valence-corrected chi connectivity index (χ2v) is 8.85. The Labute approximate surface area is 128 Å². The molecule has 2 unspecified atom stereocenters. The van der Waals surface area contributed by atoms with Crippen molar-refractivity contribution >= 4 is 11.3 Å². The minimum absolute atomic E-state index is 0.455. The van der Waals surface area contributed by atoms with E-state index < -0.39 is 0 Å². The van der Waals surface area contributed by atoms with Gasteiger partial charge in [0.25, 0.3) is 0 Å². The van der Waals surface area contributed by atoms with Gasteiger partial charge in [0.2, 0.25) is 0 Å². The molecular weight excluding hydrogens is 262 g/mol. The molecule has 3 rings (SSSR count). The van der Waals surface area contributed by atoms with Gasteiger partial charge in [-0.2, -0.15) is 0 Å². The van der Waals surface area contributed by atoms with Crippen LogP contribution in [0.5, 0.6) is 0 Å². The number of nitrogens with one attached hydrogen (secondary N) is 1. The Bertz CT molecular complexity index is 445. The number of hydrogen-bond acceptors (Lipinski definition) is 2. The van der Waals surface area contributed by atoms with E-state index in [4.69, 9.17) is 0 Å². The summed E-state index contributed by atoms with van der Waals surface area (Å²) in [5.74, 6) is 0.926. The fraction of sp³-hybridized carbons (Fsp3) is 0.778. The highest BCUT2D eigenvalue weighted by molar-refractivity contribution is 7.10. The van der Waals surface area contributed by atoms with Crippen LogP contribution in [0.2, 0.25) is 0 Å². The van der Waals surface area contributed by atoms with Crippen molar-refractivity contribution in [1.29, 1.82) is 0 Å². The van der Waals surface area contributed by atoms with Gasteiger partial charge in [0.1, 0.15) is 0 Å². The van der Waals surface area contributed by atoms with Crippen LogP contribution >= 0.6 is 11.3 Å². The third-order valence-electron chi connectivity index (χ3n) is 6.10. The Hall–Kier alpha value is -0.340. The number of rotatable bonds is 5. The molecule has 2 heteroatoms. The molecule has 20 heavy (non-hydrogen) atoms. The summed E-state index contributed by atoms with van der Waals surface area (Å²) in [7, 11) is 0. The van der Waals surface area contributed by atoms with Gasteiger partial charge in [-0.05, 0) is 53.9 Å². The Kier molecular flexibility index (Phi) is 3.75. The summed E-state index contributed by atoms with van der Waals surface area (Å²) in [6.45, 7) is 9.82. The van der Waals surface area contributed by atoms with Crippen molar-refractivity contribution in [2.45, 2.75) is 71.9 Å². The molecule has 4 atom stereocenters. The van der Waals surface area contributed by atoms with E-state index in [1.165, 1.54) is 37.0 Å². The first-order valence-electron chi connectivity index (χ1n) is 8.27. The third kappa shape index (κ3) is 2.25. The Morgan fingerprint density at radius 1 is 1.40 bits per heavy atom. The number of thiophene rings is 1. The van der Waals surface area contributed by atoms with Gasteiger partial charge in [-0.3, -0.25) is 0 Å². The van der Waals surface area contributed by atoms with Crippen molar-refractivity contribution in [1.82, 2.24) is 5.32 Å². The maximum absolute atomic E-state index is 4.09. The topological polar surface area (TPSA) is 12.0 Å². The molecule has 0 radical (unpaired) electrons. The van der Waals surface area contributed by atoms with Crippen LogP contribution in [-0.2, 0) is 0 Å². The molecule has 2 fully saturated rings. The molecular formula is C18H29NS. The number of fused-ring (bicyclic) bond motifs is 2. The van der Waals surface area contributed by atoms with Gasteiger partial charge >= 0.3 is 0 Å². The van der Waals surface area contributed by atoms with Gasteiger partial charge in [0.05, 0.1) is 0 Å². The van der Waals surface area contributed by atoms with E-state index >= 15 is 0 Å². The second-order valence-electron chi connectivity index (χ2n) is 7.87. The van der Waals surface area contributed by atoms with Gasteiger partial charge in [-0.1, -0.05) is 40.2 Å². The zero-order chi connectivity index (χ0) is 14.4. The average Bonchev–Trinajstić information content (AvgIpc) is 3.06. The quantitative estimate of drug-likeness (QED) is 0.766. The van der Waals surface area contributed by atoms with Gasteiger partial charge in [-0.15, -0.1) is 11.3 Å². The van der Waals surface area contributed by atoms with Crippen LogP contribution in [-0.4, -0.2) is 6.04 Å². The van der Waals surface area contributed by atoms with Crippen LogP contribution in [0, 0.1) is 16.7 Å². The van der Waals surface area contributed by atoms with E-state index in [0.717, 1.165) is 5.92 Å². The van der Waals surface area contributed by atoms with E-state index in [-0.39, 0.29) is 0 Å². The van der Waals surface area contributed by atoms with Crippen LogP contribution in [0.15, 0.2) is 17.5 Å². The van der Waals surface area contributed by atoms with Crippen molar-refractivity contribution in [3.05, 3.63) is 22.4 Å². The van der Waals surface area contributed by atoms with E-state index in [2.05, 4.69) is 50.5 Å². The second kappa shape index (κ2) is 5.14. The molecule has 1 N–H and O–H groups in total. The molecule has 1 aromatic rings. The first-order chi connectivity index (χ1) is 9.47. The molecule has 0 spiro atoms.